The largest absolute Gasteiger partial charge is 0.484 e. The molecular weight excluding hydrogens is 232 g/mol. The molecule has 1 amide bonds. The van der Waals surface area contributed by atoms with Crippen LogP contribution in [0, 0.1) is 0 Å². The van der Waals surface area contributed by atoms with E-state index in [-0.39, 0.29) is 18.6 Å². The first-order chi connectivity index (χ1) is 8.66. The van der Waals surface area contributed by atoms with Crippen LogP contribution < -0.4 is 10.5 Å². The number of hydrogen-bond donors (Lipinski definition) is 1. The van der Waals surface area contributed by atoms with E-state index in [1.54, 1.807) is 29.2 Å². The number of anilines is 1. The Kier molecular flexibility index (Phi) is 4.04. The van der Waals surface area contributed by atoms with Crippen molar-refractivity contribution in [3.63, 3.8) is 0 Å². The van der Waals surface area contributed by atoms with Gasteiger partial charge in [0.05, 0.1) is 19.3 Å². The minimum atomic E-state index is -0.0202. The van der Waals surface area contributed by atoms with E-state index in [1.807, 2.05) is 6.92 Å². The third-order valence-electron chi connectivity index (χ3n) is 2.91. The van der Waals surface area contributed by atoms with Gasteiger partial charge in [0.2, 0.25) is 0 Å². The summed E-state index contributed by atoms with van der Waals surface area (Å²) in [6.45, 7) is 3.81. The molecule has 0 unspecified atom stereocenters. The van der Waals surface area contributed by atoms with Crippen LogP contribution in [-0.4, -0.2) is 43.2 Å². The topological polar surface area (TPSA) is 64.8 Å². The van der Waals surface area contributed by atoms with Gasteiger partial charge in [-0.05, 0) is 19.1 Å². The van der Waals surface area contributed by atoms with E-state index in [2.05, 4.69) is 0 Å². The average molecular weight is 250 g/mol. The number of ether oxygens (including phenoxy) is 2. The number of amides is 1. The lowest BCUT2D eigenvalue weighted by atomic mass is 10.2. The Balaban J connectivity index is 1.88. The molecule has 18 heavy (non-hydrogen) atoms. The average Bonchev–Trinajstić information content (AvgIpc) is 2.37. The summed E-state index contributed by atoms with van der Waals surface area (Å²) in [5.41, 5.74) is 6.26. The molecule has 1 fully saturated rings. The third-order valence-corrected chi connectivity index (χ3v) is 2.91. The second-order valence-corrected chi connectivity index (χ2v) is 4.37. The van der Waals surface area contributed by atoms with Crippen LogP contribution in [0.1, 0.15) is 6.92 Å². The highest BCUT2D eigenvalue weighted by molar-refractivity contribution is 5.78. The fraction of sp³-hybridized carbons (Fsp3) is 0.462. The smallest absolute Gasteiger partial charge is 0.260 e. The summed E-state index contributed by atoms with van der Waals surface area (Å²) in [6.07, 6.45) is 0. The minimum absolute atomic E-state index is 0.0202. The van der Waals surface area contributed by atoms with Gasteiger partial charge in [-0.3, -0.25) is 4.79 Å². The molecule has 1 aromatic rings. The van der Waals surface area contributed by atoms with Crippen LogP contribution in [0.5, 0.6) is 5.75 Å². The maximum Gasteiger partial charge on any atom is 0.260 e. The Morgan fingerprint density at radius 3 is 3.17 bits per heavy atom. The number of carbonyl (C=O) groups excluding carboxylic acids is 1. The quantitative estimate of drug-likeness (QED) is 0.809. The molecule has 98 valence electrons. The lowest BCUT2D eigenvalue weighted by molar-refractivity contribution is -0.141. The third kappa shape index (κ3) is 3.13. The van der Waals surface area contributed by atoms with Crippen molar-refractivity contribution >= 4 is 11.6 Å². The predicted octanol–water partition coefficient (Wildman–Crippen LogP) is 0.895. The van der Waals surface area contributed by atoms with Gasteiger partial charge in [-0.25, -0.2) is 0 Å². The SMILES string of the molecule is C[C@@H]1COCCN1C(=O)COc1cccc(N)c1. The molecule has 0 radical (unpaired) electrons. The summed E-state index contributed by atoms with van der Waals surface area (Å²) in [5.74, 6) is 0.595. The molecule has 1 aliphatic rings. The molecule has 0 spiro atoms. The Hall–Kier alpha value is -1.75. The second kappa shape index (κ2) is 5.73. The monoisotopic (exact) mass is 250 g/mol. The van der Waals surface area contributed by atoms with Crippen molar-refractivity contribution in [3.05, 3.63) is 24.3 Å². The number of rotatable bonds is 3. The zero-order valence-corrected chi connectivity index (χ0v) is 10.5. The highest BCUT2D eigenvalue weighted by Crippen LogP contribution is 2.15. The number of morpholine rings is 1. The molecule has 0 bridgehead atoms. The van der Waals surface area contributed by atoms with Crippen LogP contribution in [0.4, 0.5) is 5.69 Å². The molecule has 1 saturated heterocycles. The summed E-state index contributed by atoms with van der Waals surface area (Å²) < 4.78 is 10.7. The Labute approximate surface area is 106 Å². The fourth-order valence-corrected chi connectivity index (χ4v) is 1.93. The first kappa shape index (κ1) is 12.7. The molecule has 1 atom stereocenters. The van der Waals surface area contributed by atoms with E-state index in [0.29, 0.717) is 31.2 Å². The van der Waals surface area contributed by atoms with Gasteiger partial charge in [0, 0.05) is 18.3 Å². The first-order valence-electron chi connectivity index (χ1n) is 6.02. The van der Waals surface area contributed by atoms with Gasteiger partial charge in [-0.1, -0.05) is 6.07 Å². The van der Waals surface area contributed by atoms with E-state index in [9.17, 15) is 4.79 Å². The first-order valence-corrected chi connectivity index (χ1v) is 6.02. The normalized spacial score (nSPS) is 19.6. The van der Waals surface area contributed by atoms with E-state index in [0.717, 1.165) is 0 Å². The van der Waals surface area contributed by atoms with Crippen molar-refractivity contribution in [1.82, 2.24) is 4.90 Å². The van der Waals surface area contributed by atoms with Crippen LogP contribution >= 0.6 is 0 Å². The second-order valence-electron chi connectivity index (χ2n) is 4.37. The Morgan fingerprint density at radius 2 is 2.44 bits per heavy atom. The van der Waals surface area contributed by atoms with Gasteiger partial charge in [-0.15, -0.1) is 0 Å². The summed E-state index contributed by atoms with van der Waals surface area (Å²) in [4.78, 5) is 13.8. The van der Waals surface area contributed by atoms with Gasteiger partial charge >= 0.3 is 0 Å². The van der Waals surface area contributed by atoms with Crippen LogP contribution in [0.2, 0.25) is 0 Å². The minimum Gasteiger partial charge on any atom is -0.484 e. The summed E-state index contributed by atoms with van der Waals surface area (Å²) in [6, 6.07) is 7.17. The van der Waals surface area contributed by atoms with Crippen LogP contribution in [0.3, 0.4) is 0 Å². The van der Waals surface area contributed by atoms with Crippen LogP contribution in [0.15, 0.2) is 24.3 Å². The summed E-state index contributed by atoms with van der Waals surface area (Å²) >= 11 is 0. The fourth-order valence-electron chi connectivity index (χ4n) is 1.93. The zero-order chi connectivity index (χ0) is 13.0. The molecular formula is C13H18N2O3. The number of nitrogens with two attached hydrogens (primary N) is 1. The molecule has 0 aromatic heterocycles. The lowest BCUT2D eigenvalue weighted by Gasteiger charge is -2.33. The highest BCUT2D eigenvalue weighted by Gasteiger charge is 2.23. The zero-order valence-electron chi connectivity index (χ0n) is 10.5. The van der Waals surface area contributed by atoms with Gasteiger partial charge in [-0.2, -0.15) is 0 Å². The van der Waals surface area contributed by atoms with Gasteiger partial charge in [0.25, 0.3) is 5.91 Å². The summed E-state index contributed by atoms with van der Waals surface area (Å²) in [5, 5.41) is 0. The van der Waals surface area contributed by atoms with E-state index < -0.39 is 0 Å². The lowest BCUT2D eigenvalue weighted by Crippen LogP contribution is -2.48. The maximum atomic E-state index is 12.0. The summed E-state index contributed by atoms with van der Waals surface area (Å²) in [7, 11) is 0. The van der Waals surface area contributed by atoms with Crippen molar-refractivity contribution in [1.29, 1.82) is 0 Å². The molecule has 2 N–H and O–H groups in total. The van der Waals surface area contributed by atoms with Gasteiger partial charge in [0.15, 0.2) is 6.61 Å². The molecule has 0 saturated carbocycles. The number of hydrogen-bond acceptors (Lipinski definition) is 4. The number of benzene rings is 1. The standard InChI is InChI=1S/C13H18N2O3/c1-10-8-17-6-5-15(10)13(16)9-18-12-4-2-3-11(14)7-12/h2-4,7,10H,5-6,8-9,14H2,1H3/t10-/m1/s1. The molecule has 1 aromatic carbocycles. The number of carbonyl (C=O) groups is 1. The van der Waals surface area contributed by atoms with Gasteiger partial charge < -0.3 is 20.1 Å². The molecule has 0 aliphatic carbocycles. The van der Waals surface area contributed by atoms with Crippen molar-refractivity contribution in [2.45, 2.75) is 13.0 Å². The molecule has 2 rings (SSSR count). The Bertz CT molecular complexity index is 422. The Morgan fingerprint density at radius 1 is 1.61 bits per heavy atom. The van der Waals surface area contributed by atoms with Crippen molar-refractivity contribution < 1.29 is 14.3 Å². The van der Waals surface area contributed by atoms with Crippen molar-refractivity contribution in [3.8, 4) is 5.75 Å². The molecule has 5 nitrogen and oxygen atoms in total. The molecule has 1 heterocycles. The van der Waals surface area contributed by atoms with Crippen LogP contribution in [-0.2, 0) is 9.53 Å². The number of nitrogen functional groups attached to an aromatic ring is 1. The predicted molar refractivity (Wildman–Crippen MR) is 68.3 cm³/mol. The number of nitrogens with zero attached hydrogens (tertiary/aromatic N) is 1. The van der Waals surface area contributed by atoms with Gasteiger partial charge in [0.1, 0.15) is 5.75 Å². The van der Waals surface area contributed by atoms with Crippen LogP contribution in [0.25, 0.3) is 0 Å². The highest BCUT2D eigenvalue weighted by atomic mass is 16.5. The van der Waals surface area contributed by atoms with E-state index in [1.165, 1.54) is 0 Å². The maximum absolute atomic E-state index is 12.0. The van der Waals surface area contributed by atoms with Crippen molar-refractivity contribution in [2.24, 2.45) is 0 Å². The van der Waals surface area contributed by atoms with E-state index in [4.69, 9.17) is 15.2 Å². The molecule has 5 heteroatoms. The molecule has 1 aliphatic heterocycles. The van der Waals surface area contributed by atoms with Crippen molar-refractivity contribution in [2.75, 3.05) is 32.1 Å². The van der Waals surface area contributed by atoms with E-state index >= 15 is 0 Å².